The van der Waals surface area contributed by atoms with E-state index in [2.05, 4.69) is 59.0 Å². The molecule has 4 heteroatoms. The van der Waals surface area contributed by atoms with Crippen LogP contribution in [0.2, 0.25) is 0 Å². The third-order valence-electron chi connectivity index (χ3n) is 5.47. The number of rotatable bonds is 8. The molecule has 29 heavy (non-hydrogen) atoms. The number of hydrogen-bond donors (Lipinski definition) is 2. The normalized spacial score (nSPS) is 17.0. The summed E-state index contributed by atoms with van der Waals surface area (Å²) in [5.41, 5.74) is 2.05. The van der Waals surface area contributed by atoms with Gasteiger partial charge in [-0.05, 0) is 49.7 Å². The van der Waals surface area contributed by atoms with Crippen LogP contribution in [-0.4, -0.2) is 36.5 Å². The van der Waals surface area contributed by atoms with E-state index in [1.165, 1.54) is 25.7 Å². The fourth-order valence-electron chi connectivity index (χ4n) is 3.88. The van der Waals surface area contributed by atoms with Crippen LogP contribution < -0.4 is 14.8 Å². The monoisotopic (exact) mass is 405 g/mol. The fraction of sp³-hybridized carbons (Fsp3) is 0.760. The highest BCUT2D eigenvalue weighted by Crippen LogP contribution is 2.42. The van der Waals surface area contributed by atoms with E-state index in [0.29, 0.717) is 12.6 Å². The van der Waals surface area contributed by atoms with Crippen LogP contribution in [0.4, 0.5) is 0 Å². The van der Waals surface area contributed by atoms with Gasteiger partial charge in [0, 0.05) is 23.7 Å². The molecule has 1 aliphatic carbocycles. The first kappa shape index (κ1) is 24.0. The Morgan fingerprint density at radius 2 is 1.52 bits per heavy atom. The van der Waals surface area contributed by atoms with Gasteiger partial charge >= 0.3 is 0 Å². The largest absolute Gasteiger partial charge is 0.491 e. The molecule has 1 aliphatic rings. The van der Waals surface area contributed by atoms with Crippen LogP contribution in [0.3, 0.4) is 0 Å². The van der Waals surface area contributed by atoms with Crippen LogP contribution in [0.15, 0.2) is 12.1 Å². The molecule has 2 rings (SSSR count). The highest BCUT2D eigenvalue weighted by atomic mass is 16.5. The zero-order valence-corrected chi connectivity index (χ0v) is 19.9. The molecule has 0 heterocycles. The van der Waals surface area contributed by atoms with Crippen LogP contribution in [0.25, 0.3) is 0 Å². The Balaban J connectivity index is 2.24. The Morgan fingerprint density at radius 1 is 1.00 bits per heavy atom. The molecule has 0 amide bonds. The van der Waals surface area contributed by atoms with E-state index in [1.807, 2.05) is 13.8 Å². The molecule has 1 aromatic rings. The van der Waals surface area contributed by atoms with Gasteiger partial charge in [-0.15, -0.1) is 0 Å². The predicted octanol–water partition coefficient (Wildman–Crippen LogP) is 5.34. The van der Waals surface area contributed by atoms with Gasteiger partial charge < -0.3 is 19.9 Å². The smallest absolute Gasteiger partial charge is 0.127 e. The maximum absolute atomic E-state index is 10.5. The molecule has 0 aliphatic heterocycles. The maximum Gasteiger partial charge on any atom is 0.127 e. The highest BCUT2D eigenvalue weighted by molar-refractivity contribution is 5.53. The van der Waals surface area contributed by atoms with Gasteiger partial charge in [0.05, 0.1) is 6.10 Å². The van der Waals surface area contributed by atoms with Gasteiger partial charge in [0.1, 0.15) is 24.2 Å². The summed E-state index contributed by atoms with van der Waals surface area (Å²) >= 11 is 0. The van der Waals surface area contributed by atoms with Gasteiger partial charge in [-0.2, -0.15) is 0 Å². The second kappa shape index (κ2) is 9.70. The topological polar surface area (TPSA) is 50.7 Å². The number of aliphatic hydroxyl groups is 1. The molecule has 1 unspecified atom stereocenters. The van der Waals surface area contributed by atoms with E-state index in [-0.39, 0.29) is 23.5 Å². The molecule has 4 nitrogen and oxygen atoms in total. The minimum Gasteiger partial charge on any atom is -0.491 e. The summed E-state index contributed by atoms with van der Waals surface area (Å²) in [6, 6.07) is 4.76. The number of aliphatic hydroxyl groups excluding tert-OH is 1. The van der Waals surface area contributed by atoms with Crippen molar-refractivity contribution in [2.75, 3.05) is 13.2 Å². The van der Waals surface area contributed by atoms with Gasteiger partial charge in [-0.25, -0.2) is 0 Å². The summed E-state index contributed by atoms with van der Waals surface area (Å²) in [5, 5.41) is 14.0. The average molecular weight is 406 g/mol. The quantitative estimate of drug-likeness (QED) is 0.613. The zero-order chi connectivity index (χ0) is 21.8. The number of benzene rings is 1. The van der Waals surface area contributed by atoms with Crippen molar-refractivity contribution in [3.63, 3.8) is 0 Å². The molecule has 0 aromatic heterocycles. The number of ether oxygens (including phenoxy) is 2. The lowest BCUT2D eigenvalue weighted by Crippen LogP contribution is -2.37. The highest BCUT2D eigenvalue weighted by Gasteiger charge is 2.29. The zero-order valence-electron chi connectivity index (χ0n) is 19.9. The minimum absolute atomic E-state index is 0.0985. The summed E-state index contributed by atoms with van der Waals surface area (Å²) in [7, 11) is 0. The van der Waals surface area contributed by atoms with Crippen LogP contribution in [0.1, 0.15) is 92.2 Å². The van der Waals surface area contributed by atoms with Crippen molar-refractivity contribution >= 4 is 0 Å². The SMILES string of the molecule is CC(C)Oc1cc(C(C)(C)C)c(OCC(O)CNC2CCCC2)c(C(C)(C)C)c1. The molecular formula is C25H43NO3. The fourth-order valence-corrected chi connectivity index (χ4v) is 3.88. The Morgan fingerprint density at radius 3 is 1.97 bits per heavy atom. The van der Waals surface area contributed by atoms with Gasteiger partial charge in [-0.3, -0.25) is 0 Å². The van der Waals surface area contributed by atoms with Crippen molar-refractivity contribution in [2.24, 2.45) is 0 Å². The van der Waals surface area contributed by atoms with Gasteiger partial charge in [0.25, 0.3) is 0 Å². The lowest BCUT2D eigenvalue weighted by molar-refractivity contribution is 0.101. The molecule has 0 saturated heterocycles. The average Bonchev–Trinajstić information content (AvgIpc) is 3.09. The summed E-state index contributed by atoms with van der Waals surface area (Å²) < 4.78 is 12.4. The van der Waals surface area contributed by atoms with E-state index in [4.69, 9.17) is 9.47 Å². The predicted molar refractivity (Wildman–Crippen MR) is 121 cm³/mol. The molecular weight excluding hydrogens is 362 g/mol. The molecule has 1 aromatic carbocycles. The van der Waals surface area contributed by atoms with E-state index in [1.54, 1.807) is 0 Å². The lowest BCUT2D eigenvalue weighted by Gasteiger charge is -2.31. The Kier molecular flexibility index (Phi) is 8.03. The first-order valence-corrected chi connectivity index (χ1v) is 11.3. The number of hydrogen-bond acceptors (Lipinski definition) is 4. The van der Waals surface area contributed by atoms with Crippen LogP contribution in [-0.2, 0) is 10.8 Å². The summed E-state index contributed by atoms with van der Waals surface area (Å²) in [5.74, 6) is 1.77. The Bertz CT molecular complexity index is 614. The molecule has 0 radical (unpaired) electrons. The first-order valence-electron chi connectivity index (χ1n) is 11.3. The van der Waals surface area contributed by atoms with Gasteiger partial charge in [0.15, 0.2) is 0 Å². The second-order valence-corrected chi connectivity index (χ2v) is 10.9. The molecule has 1 atom stereocenters. The second-order valence-electron chi connectivity index (χ2n) is 10.9. The summed E-state index contributed by atoms with van der Waals surface area (Å²) in [6.07, 6.45) is 4.60. The van der Waals surface area contributed by atoms with Crippen molar-refractivity contribution in [1.82, 2.24) is 5.32 Å². The molecule has 0 bridgehead atoms. The maximum atomic E-state index is 10.5. The Labute approximate surface area is 178 Å². The van der Waals surface area contributed by atoms with E-state index < -0.39 is 6.10 Å². The van der Waals surface area contributed by atoms with Crippen molar-refractivity contribution in [3.8, 4) is 11.5 Å². The van der Waals surface area contributed by atoms with Crippen LogP contribution in [0.5, 0.6) is 11.5 Å². The van der Waals surface area contributed by atoms with E-state index >= 15 is 0 Å². The molecule has 2 N–H and O–H groups in total. The third-order valence-corrected chi connectivity index (χ3v) is 5.47. The standard InChI is InChI=1S/C25H43NO3/c1-17(2)29-20-13-21(24(3,4)5)23(22(14-20)25(6,7)8)28-16-19(27)15-26-18-11-9-10-12-18/h13-14,17-19,26-27H,9-12,15-16H2,1-8H3. The first-order chi connectivity index (χ1) is 13.4. The molecule has 1 saturated carbocycles. The van der Waals surface area contributed by atoms with Crippen molar-refractivity contribution < 1.29 is 14.6 Å². The minimum atomic E-state index is -0.525. The van der Waals surface area contributed by atoms with E-state index in [9.17, 15) is 5.11 Å². The lowest BCUT2D eigenvalue weighted by atomic mass is 9.79. The summed E-state index contributed by atoms with van der Waals surface area (Å²) in [6.45, 7) is 18.1. The van der Waals surface area contributed by atoms with Gasteiger partial charge in [-0.1, -0.05) is 54.4 Å². The number of nitrogens with one attached hydrogen (secondary N) is 1. The van der Waals surface area contributed by atoms with Crippen LogP contribution in [0, 0.1) is 0 Å². The van der Waals surface area contributed by atoms with Crippen molar-refractivity contribution in [3.05, 3.63) is 23.3 Å². The molecule has 166 valence electrons. The van der Waals surface area contributed by atoms with E-state index in [0.717, 1.165) is 22.6 Å². The molecule has 1 fully saturated rings. The van der Waals surface area contributed by atoms with Gasteiger partial charge in [0.2, 0.25) is 0 Å². The van der Waals surface area contributed by atoms with Crippen molar-refractivity contribution in [1.29, 1.82) is 0 Å². The van der Waals surface area contributed by atoms with Crippen LogP contribution >= 0.6 is 0 Å². The van der Waals surface area contributed by atoms with Crippen molar-refractivity contribution in [2.45, 2.75) is 110 Å². The molecule has 0 spiro atoms. The Hall–Kier alpha value is -1.26. The summed E-state index contributed by atoms with van der Waals surface area (Å²) in [4.78, 5) is 0. The third kappa shape index (κ3) is 7.18.